The van der Waals surface area contributed by atoms with Gasteiger partial charge in [0.05, 0.1) is 14.2 Å². The van der Waals surface area contributed by atoms with E-state index in [4.69, 9.17) is 14.2 Å². The molecule has 0 radical (unpaired) electrons. The lowest BCUT2D eigenvalue weighted by molar-refractivity contribution is -0.128. The third-order valence-electron chi connectivity index (χ3n) is 4.58. The number of nitrogens with one attached hydrogen (secondary N) is 2. The van der Waals surface area contributed by atoms with Gasteiger partial charge < -0.3 is 14.2 Å². The van der Waals surface area contributed by atoms with Gasteiger partial charge in [-0.15, -0.1) is 0 Å². The van der Waals surface area contributed by atoms with Crippen LogP contribution in [0.2, 0.25) is 0 Å². The van der Waals surface area contributed by atoms with Gasteiger partial charge in [-0.25, -0.2) is 0 Å². The minimum absolute atomic E-state index is 0.201. The van der Waals surface area contributed by atoms with Gasteiger partial charge in [-0.05, 0) is 47.7 Å². The molecule has 1 unspecified atom stereocenters. The largest absolute Gasteiger partial charge is 0.493 e. The smallest absolute Gasteiger partial charge is 0.276 e. The molecule has 2 aromatic rings. The summed E-state index contributed by atoms with van der Waals surface area (Å²) >= 11 is 0. The number of benzene rings is 2. The number of ether oxygens (including phenoxy) is 3. The summed E-state index contributed by atoms with van der Waals surface area (Å²) in [5, 5.41) is 0. The Bertz CT molecular complexity index is 895. The van der Waals surface area contributed by atoms with Gasteiger partial charge in [0, 0.05) is 6.08 Å². The molecule has 2 N–H and O–H groups in total. The van der Waals surface area contributed by atoms with Gasteiger partial charge >= 0.3 is 0 Å². The van der Waals surface area contributed by atoms with Crippen LogP contribution in [0, 0.1) is 0 Å². The van der Waals surface area contributed by atoms with Gasteiger partial charge in [-0.2, -0.15) is 0 Å². The normalized spacial score (nSPS) is 11.6. The molecule has 2 amide bonds. The Morgan fingerprint density at radius 3 is 2.43 bits per heavy atom. The monoisotopic (exact) mass is 412 g/mol. The maximum absolute atomic E-state index is 12.0. The molecule has 0 bridgehead atoms. The molecule has 2 rings (SSSR count). The fourth-order valence-electron chi connectivity index (χ4n) is 2.72. The van der Waals surface area contributed by atoms with Crippen LogP contribution in [0.4, 0.5) is 0 Å². The first-order valence-corrected chi connectivity index (χ1v) is 9.69. The second-order valence-corrected chi connectivity index (χ2v) is 6.62. The molecule has 0 aliphatic carbocycles. The summed E-state index contributed by atoms with van der Waals surface area (Å²) in [6, 6.07) is 12.9. The predicted octanol–water partition coefficient (Wildman–Crippen LogP) is 3.46. The van der Waals surface area contributed by atoms with Crippen LogP contribution >= 0.6 is 0 Å². The van der Waals surface area contributed by atoms with Crippen molar-refractivity contribution in [3.63, 3.8) is 0 Å². The highest BCUT2D eigenvalue weighted by atomic mass is 16.5. The predicted molar refractivity (Wildman–Crippen MR) is 116 cm³/mol. The van der Waals surface area contributed by atoms with Crippen molar-refractivity contribution in [2.24, 2.45) is 0 Å². The lowest BCUT2D eigenvalue weighted by atomic mass is 9.98. The molecule has 2 aromatic carbocycles. The lowest BCUT2D eigenvalue weighted by Gasteiger charge is -2.15. The number of amides is 2. The number of hydrazine groups is 1. The number of carbonyl (C=O) groups is 2. The molecule has 0 saturated carbocycles. The van der Waals surface area contributed by atoms with E-state index in [1.165, 1.54) is 13.2 Å². The quantitative estimate of drug-likeness (QED) is 0.487. The maximum Gasteiger partial charge on any atom is 0.276 e. The van der Waals surface area contributed by atoms with E-state index in [0.717, 1.165) is 17.5 Å². The molecule has 7 nitrogen and oxygen atoms in total. The van der Waals surface area contributed by atoms with Crippen LogP contribution in [0.5, 0.6) is 17.2 Å². The first-order valence-electron chi connectivity index (χ1n) is 9.69. The number of rotatable bonds is 9. The van der Waals surface area contributed by atoms with E-state index in [1.807, 2.05) is 24.3 Å². The van der Waals surface area contributed by atoms with Gasteiger partial charge in [0.15, 0.2) is 18.1 Å². The van der Waals surface area contributed by atoms with Crippen molar-refractivity contribution >= 4 is 17.9 Å². The van der Waals surface area contributed by atoms with E-state index in [2.05, 4.69) is 24.7 Å². The molecule has 0 spiro atoms. The summed E-state index contributed by atoms with van der Waals surface area (Å²) < 4.78 is 16.0. The number of carbonyl (C=O) groups excluding carboxylic acids is 2. The fourth-order valence-corrected chi connectivity index (χ4v) is 2.72. The van der Waals surface area contributed by atoms with Crippen molar-refractivity contribution in [3.8, 4) is 17.2 Å². The minimum Gasteiger partial charge on any atom is -0.493 e. The molecule has 30 heavy (non-hydrogen) atoms. The summed E-state index contributed by atoms with van der Waals surface area (Å²) in [4.78, 5) is 23.9. The summed E-state index contributed by atoms with van der Waals surface area (Å²) in [6.45, 7) is 4.00. The molecular weight excluding hydrogens is 384 g/mol. The van der Waals surface area contributed by atoms with Crippen molar-refractivity contribution in [1.82, 2.24) is 10.9 Å². The second-order valence-electron chi connectivity index (χ2n) is 6.62. The Balaban J connectivity index is 1.84. The Morgan fingerprint density at radius 2 is 1.73 bits per heavy atom. The molecule has 0 aliphatic rings. The average molecular weight is 412 g/mol. The van der Waals surface area contributed by atoms with E-state index >= 15 is 0 Å². The first-order chi connectivity index (χ1) is 14.5. The molecular formula is C23H28N2O5. The van der Waals surface area contributed by atoms with Crippen LogP contribution in [0.1, 0.15) is 37.3 Å². The molecule has 0 heterocycles. The molecule has 0 saturated heterocycles. The topological polar surface area (TPSA) is 85.9 Å². The van der Waals surface area contributed by atoms with Crippen molar-refractivity contribution in [2.75, 3.05) is 20.8 Å². The van der Waals surface area contributed by atoms with Crippen molar-refractivity contribution < 1.29 is 23.8 Å². The Hall–Kier alpha value is -3.48. The average Bonchev–Trinajstić information content (AvgIpc) is 2.79. The van der Waals surface area contributed by atoms with Crippen molar-refractivity contribution in [2.45, 2.75) is 26.2 Å². The van der Waals surface area contributed by atoms with E-state index in [9.17, 15) is 9.59 Å². The third kappa shape index (κ3) is 6.55. The summed E-state index contributed by atoms with van der Waals surface area (Å²) in [6.07, 6.45) is 3.87. The Kier molecular flexibility index (Phi) is 8.75. The number of hydrogen-bond acceptors (Lipinski definition) is 5. The maximum atomic E-state index is 12.0. The molecule has 1 atom stereocenters. The Labute approximate surface area is 177 Å². The molecule has 160 valence electrons. The van der Waals surface area contributed by atoms with Crippen LogP contribution in [0.15, 0.2) is 48.5 Å². The Morgan fingerprint density at radius 1 is 1.00 bits per heavy atom. The molecule has 0 fully saturated rings. The SMILES string of the molecule is CCC(C)c1ccccc1OCC(=O)NNC(=O)/C=C/c1ccc(OC)c(OC)c1. The number of para-hydroxylation sites is 1. The van der Waals surface area contributed by atoms with E-state index < -0.39 is 11.8 Å². The van der Waals surface area contributed by atoms with Gasteiger partial charge in [0.1, 0.15) is 5.75 Å². The summed E-state index contributed by atoms with van der Waals surface area (Å²) in [7, 11) is 3.09. The standard InChI is InChI=1S/C23H28N2O5/c1-5-16(2)18-8-6-7-9-19(18)30-15-23(27)25-24-22(26)13-11-17-10-12-20(28-3)21(14-17)29-4/h6-14,16H,5,15H2,1-4H3,(H,24,26)(H,25,27)/b13-11+. The van der Waals surface area contributed by atoms with Crippen LogP contribution in [0.25, 0.3) is 6.08 Å². The highest BCUT2D eigenvalue weighted by Gasteiger charge is 2.11. The zero-order valence-corrected chi connectivity index (χ0v) is 17.7. The first kappa shape index (κ1) is 22.8. The summed E-state index contributed by atoms with van der Waals surface area (Å²) in [5.41, 5.74) is 6.46. The van der Waals surface area contributed by atoms with Crippen molar-refractivity contribution in [1.29, 1.82) is 0 Å². The number of hydrogen-bond donors (Lipinski definition) is 2. The van der Waals surface area contributed by atoms with Crippen molar-refractivity contribution in [3.05, 3.63) is 59.7 Å². The van der Waals surface area contributed by atoms with Crippen LogP contribution in [0.3, 0.4) is 0 Å². The van der Waals surface area contributed by atoms with Crippen LogP contribution < -0.4 is 25.1 Å². The number of methoxy groups -OCH3 is 2. The van der Waals surface area contributed by atoms with Gasteiger partial charge in [-0.3, -0.25) is 20.4 Å². The van der Waals surface area contributed by atoms with E-state index in [0.29, 0.717) is 23.2 Å². The molecule has 7 heteroatoms. The van der Waals surface area contributed by atoms with E-state index in [1.54, 1.807) is 31.4 Å². The van der Waals surface area contributed by atoms with Gasteiger partial charge in [0.25, 0.3) is 11.8 Å². The third-order valence-corrected chi connectivity index (χ3v) is 4.58. The zero-order valence-electron chi connectivity index (χ0n) is 17.7. The zero-order chi connectivity index (χ0) is 21.9. The molecule has 0 aromatic heterocycles. The van der Waals surface area contributed by atoms with Gasteiger partial charge in [0.2, 0.25) is 0 Å². The second kappa shape index (κ2) is 11.5. The highest BCUT2D eigenvalue weighted by molar-refractivity contribution is 5.93. The van der Waals surface area contributed by atoms with E-state index in [-0.39, 0.29) is 6.61 Å². The van der Waals surface area contributed by atoms with Crippen LogP contribution in [-0.4, -0.2) is 32.6 Å². The summed E-state index contributed by atoms with van der Waals surface area (Å²) in [5.74, 6) is 1.22. The van der Waals surface area contributed by atoms with Crippen LogP contribution in [-0.2, 0) is 9.59 Å². The minimum atomic E-state index is -0.474. The van der Waals surface area contributed by atoms with Gasteiger partial charge in [-0.1, -0.05) is 38.1 Å². The highest BCUT2D eigenvalue weighted by Crippen LogP contribution is 2.29. The lowest BCUT2D eigenvalue weighted by Crippen LogP contribution is -2.43. The fraction of sp³-hybridized carbons (Fsp3) is 0.304. The molecule has 0 aliphatic heterocycles.